The van der Waals surface area contributed by atoms with Crippen molar-refractivity contribution in [2.75, 3.05) is 13.2 Å². The molecule has 0 aromatic rings. The molecular weight excluding hydrogens is 156 g/mol. The predicted octanol–water partition coefficient (Wildman–Crippen LogP) is 1.53. The fraction of sp³-hybridized carbons (Fsp3) is 0.667. The molecule has 0 aromatic carbocycles. The third-order valence-corrected chi connectivity index (χ3v) is 1.34. The van der Waals surface area contributed by atoms with Gasteiger partial charge in [-0.2, -0.15) is 0 Å². The molecule has 1 unspecified atom stereocenters. The summed E-state index contributed by atoms with van der Waals surface area (Å²) in [6.07, 6.45) is 1.80. The van der Waals surface area contributed by atoms with Gasteiger partial charge in [-0.1, -0.05) is 13.0 Å². The highest BCUT2D eigenvalue weighted by Crippen LogP contribution is 2.00. The Hall–Kier alpha value is -0.830. The summed E-state index contributed by atoms with van der Waals surface area (Å²) in [6, 6.07) is 0. The molecule has 0 fully saturated rings. The van der Waals surface area contributed by atoms with E-state index in [1.54, 1.807) is 13.0 Å². The summed E-state index contributed by atoms with van der Waals surface area (Å²) in [7, 11) is 0. The van der Waals surface area contributed by atoms with E-state index in [2.05, 4.69) is 6.58 Å². The van der Waals surface area contributed by atoms with Gasteiger partial charge in [0.15, 0.2) is 6.10 Å². The van der Waals surface area contributed by atoms with Crippen molar-refractivity contribution in [3.05, 3.63) is 12.7 Å². The van der Waals surface area contributed by atoms with Crippen LogP contribution in [0.5, 0.6) is 0 Å². The number of hydrogen-bond acceptors (Lipinski definition) is 3. The molecular formula is C9H16O3. The Morgan fingerprint density at radius 2 is 2.25 bits per heavy atom. The Morgan fingerprint density at radius 3 is 2.67 bits per heavy atom. The van der Waals surface area contributed by atoms with E-state index in [1.165, 1.54) is 0 Å². The molecule has 70 valence electrons. The summed E-state index contributed by atoms with van der Waals surface area (Å²) in [5.74, 6) is -0.290. The topological polar surface area (TPSA) is 35.5 Å². The summed E-state index contributed by atoms with van der Waals surface area (Å²) >= 11 is 0. The molecule has 12 heavy (non-hydrogen) atoms. The normalized spacial score (nSPS) is 12.2. The van der Waals surface area contributed by atoms with Crippen molar-refractivity contribution < 1.29 is 14.3 Å². The molecule has 0 rings (SSSR count). The second-order valence-corrected chi connectivity index (χ2v) is 2.27. The van der Waals surface area contributed by atoms with Gasteiger partial charge in [0.25, 0.3) is 0 Å². The Morgan fingerprint density at radius 1 is 1.58 bits per heavy atom. The molecule has 3 nitrogen and oxygen atoms in total. The van der Waals surface area contributed by atoms with E-state index in [9.17, 15) is 4.79 Å². The SMILES string of the molecule is C=CCOC(CC)C(=O)OCC. The molecule has 0 aliphatic rings. The van der Waals surface area contributed by atoms with E-state index >= 15 is 0 Å². The van der Waals surface area contributed by atoms with Crippen molar-refractivity contribution >= 4 is 5.97 Å². The first kappa shape index (κ1) is 11.2. The van der Waals surface area contributed by atoms with Crippen molar-refractivity contribution in [2.24, 2.45) is 0 Å². The Balaban J connectivity index is 3.78. The maximum atomic E-state index is 11.1. The highest BCUT2D eigenvalue weighted by Gasteiger charge is 2.16. The molecule has 0 aliphatic carbocycles. The lowest BCUT2D eigenvalue weighted by atomic mass is 10.3. The van der Waals surface area contributed by atoms with Gasteiger partial charge in [-0.15, -0.1) is 6.58 Å². The first-order valence-electron chi connectivity index (χ1n) is 4.15. The van der Waals surface area contributed by atoms with Crippen molar-refractivity contribution in [1.82, 2.24) is 0 Å². The van der Waals surface area contributed by atoms with E-state index in [4.69, 9.17) is 9.47 Å². The molecule has 0 saturated heterocycles. The zero-order chi connectivity index (χ0) is 9.40. The lowest BCUT2D eigenvalue weighted by Crippen LogP contribution is -2.25. The van der Waals surface area contributed by atoms with Gasteiger partial charge in [0, 0.05) is 0 Å². The Labute approximate surface area is 73.4 Å². The Kier molecular flexibility index (Phi) is 6.38. The van der Waals surface area contributed by atoms with Crippen LogP contribution in [0.3, 0.4) is 0 Å². The highest BCUT2D eigenvalue weighted by atomic mass is 16.6. The third-order valence-electron chi connectivity index (χ3n) is 1.34. The molecule has 3 heteroatoms. The van der Waals surface area contributed by atoms with Gasteiger partial charge in [-0.25, -0.2) is 4.79 Å². The predicted molar refractivity (Wildman–Crippen MR) is 46.9 cm³/mol. The number of carbonyl (C=O) groups is 1. The van der Waals surface area contributed by atoms with Gasteiger partial charge >= 0.3 is 5.97 Å². The van der Waals surface area contributed by atoms with E-state index < -0.39 is 6.10 Å². The third kappa shape index (κ3) is 4.13. The molecule has 0 radical (unpaired) electrons. The Bertz CT molecular complexity index is 143. The van der Waals surface area contributed by atoms with Gasteiger partial charge in [-0.3, -0.25) is 0 Å². The molecule has 1 atom stereocenters. The van der Waals surface area contributed by atoms with E-state index in [0.29, 0.717) is 19.6 Å². The van der Waals surface area contributed by atoms with Gasteiger partial charge in [0.2, 0.25) is 0 Å². The first-order valence-corrected chi connectivity index (χ1v) is 4.15. The number of rotatable bonds is 6. The number of carbonyl (C=O) groups excluding carboxylic acids is 1. The molecule has 0 N–H and O–H groups in total. The summed E-state index contributed by atoms with van der Waals surface area (Å²) in [6.45, 7) is 7.93. The van der Waals surface area contributed by atoms with Crippen molar-refractivity contribution in [3.63, 3.8) is 0 Å². The van der Waals surface area contributed by atoms with Crippen LogP contribution in [0, 0.1) is 0 Å². The summed E-state index contributed by atoms with van der Waals surface area (Å²) in [4.78, 5) is 11.1. The molecule has 0 bridgehead atoms. The van der Waals surface area contributed by atoms with Crippen LogP contribution < -0.4 is 0 Å². The van der Waals surface area contributed by atoms with Crippen molar-refractivity contribution in [1.29, 1.82) is 0 Å². The van der Waals surface area contributed by atoms with E-state index in [-0.39, 0.29) is 5.97 Å². The molecule has 0 heterocycles. The van der Waals surface area contributed by atoms with Crippen LogP contribution in [-0.4, -0.2) is 25.3 Å². The van der Waals surface area contributed by atoms with Crippen LogP contribution in [0.25, 0.3) is 0 Å². The van der Waals surface area contributed by atoms with Gasteiger partial charge in [0.05, 0.1) is 13.2 Å². The summed E-state index contributed by atoms with van der Waals surface area (Å²) < 4.78 is 9.96. The fourth-order valence-corrected chi connectivity index (χ4v) is 0.772. The number of esters is 1. The molecule has 0 amide bonds. The maximum absolute atomic E-state index is 11.1. The number of hydrogen-bond donors (Lipinski definition) is 0. The fourth-order valence-electron chi connectivity index (χ4n) is 0.772. The van der Waals surface area contributed by atoms with Crippen molar-refractivity contribution in [3.8, 4) is 0 Å². The quantitative estimate of drug-likeness (QED) is 0.450. The highest BCUT2D eigenvalue weighted by molar-refractivity contribution is 5.74. The van der Waals surface area contributed by atoms with Crippen LogP contribution in [-0.2, 0) is 14.3 Å². The zero-order valence-corrected chi connectivity index (χ0v) is 7.71. The average Bonchev–Trinajstić information content (AvgIpc) is 2.06. The van der Waals surface area contributed by atoms with Gasteiger partial charge < -0.3 is 9.47 Å². The summed E-state index contributed by atoms with van der Waals surface area (Å²) in [5.41, 5.74) is 0. The maximum Gasteiger partial charge on any atom is 0.335 e. The van der Waals surface area contributed by atoms with Gasteiger partial charge in [0.1, 0.15) is 0 Å². The standard InChI is InChI=1S/C9H16O3/c1-4-7-12-8(5-2)9(10)11-6-3/h4,8H,1,5-7H2,2-3H3. The second kappa shape index (κ2) is 6.85. The van der Waals surface area contributed by atoms with Crippen LogP contribution in [0.4, 0.5) is 0 Å². The van der Waals surface area contributed by atoms with Crippen LogP contribution in [0.15, 0.2) is 12.7 Å². The average molecular weight is 172 g/mol. The van der Waals surface area contributed by atoms with E-state index in [0.717, 1.165) is 0 Å². The lowest BCUT2D eigenvalue weighted by Gasteiger charge is -2.12. The summed E-state index contributed by atoms with van der Waals surface area (Å²) in [5, 5.41) is 0. The molecule has 0 spiro atoms. The second-order valence-electron chi connectivity index (χ2n) is 2.27. The van der Waals surface area contributed by atoms with Gasteiger partial charge in [-0.05, 0) is 13.3 Å². The van der Waals surface area contributed by atoms with Crippen LogP contribution in [0.2, 0.25) is 0 Å². The monoisotopic (exact) mass is 172 g/mol. The van der Waals surface area contributed by atoms with Crippen molar-refractivity contribution in [2.45, 2.75) is 26.4 Å². The minimum absolute atomic E-state index is 0.290. The van der Waals surface area contributed by atoms with Crippen LogP contribution in [0.1, 0.15) is 20.3 Å². The first-order chi connectivity index (χ1) is 5.76. The minimum atomic E-state index is -0.442. The smallest absolute Gasteiger partial charge is 0.335 e. The van der Waals surface area contributed by atoms with E-state index in [1.807, 2.05) is 6.92 Å². The molecule has 0 saturated carbocycles. The minimum Gasteiger partial charge on any atom is -0.464 e. The largest absolute Gasteiger partial charge is 0.464 e. The molecule has 0 aliphatic heterocycles. The zero-order valence-electron chi connectivity index (χ0n) is 7.71. The number of ether oxygens (including phenoxy) is 2. The lowest BCUT2D eigenvalue weighted by molar-refractivity contribution is -0.156. The van der Waals surface area contributed by atoms with Crippen LogP contribution >= 0.6 is 0 Å². The molecule has 0 aromatic heterocycles.